The number of aryl methyl sites for hydroxylation is 1. The number of hydrogen-bond donors (Lipinski definition) is 0. The lowest BCUT2D eigenvalue weighted by molar-refractivity contribution is 0.0240. The van der Waals surface area contributed by atoms with Crippen molar-refractivity contribution >= 4 is 11.9 Å². The first kappa shape index (κ1) is 16.0. The summed E-state index contributed by atoms with van der Waals surface area (Å²) in [5.74, 6) is 2.52. The summed E-state index contributed by atoms with van der Waals surface area (Å²) in [7, 11) is 0. The number of carbonyl (C=O) groups is 1. The van der Waals surface area contributed by atoms with Crippen LogP contribution in [-0.2, 0) is 4.74 Å². The van der Waals surface area contributed by atoms with E-state index in [4.69, 9.17) is 9.72 Å². The molecule has 1 aliphatic heterocycles. The molecule has 0 aromatic carbocycles. The SMILES string of the molecule is Cc1cc(N2CCN(C(=O)OC(C)(C)C)CC2)nc(C2CC2)n1. The van der Waals surface area contributed by atoms with Gasteiger partial charge >= 0.3 is 6.09 Å². The van der Waals surface area contributed by atoms with Gasteiger partial charge in [-0.25, -0.2) is 14.8 Å². The number of piperazine rings is 1. The summed E-state index contributed by atoms with van der Waals surface area (Å²) in [5.41, 5.74) is 0.573. The number of hydrogen-bond acceptors (Lipinski definition) is 5. The molecule has 2 heterocycles. The van der Waals surface area contributed by atoms with Crippen LogP contribution < -0.4 is 4.90 Å². The molecule has 0 N–H and O–H groups in total. The fraction of sp³-hybridized carbons (Fsp3) is 0.706. The molecule has 2 fully saturated rings. The monoisotopic (exact) mass is 318 g/mol. The van der Waals surface area contributed by atoms with Crippen molar-refractivity contribution in [1.29, 1.82) is 0 Å². The van der Waals surface area contributed by atoms with Crippen molar-refractivity contribution in [3.63, 3.8) is 0 Å². The van der Waals surface area contributed by atoms with Crippen molar-refractivity contribution in [2.45, 2.75) is 52.1 Å². The molecule has 0 atom stereocenters. The van der Waals surface area contributed by atoms with E-state index in [-0.39, 0.29) is 6.09 Å². The van der Waals surface area contributed by atoms with Crippen LogP contribution in [0.25, 0.3) is 0 Å². The van der Waals surface area contributed by atoms with Crippen molar-refractivity contribution in [1.82, 2.24) is 14.9 Å². The minimum absolute atomic E-state index is 0.227. The lowest BCUT2D eigenvalue weighted by atomic mass is 10.2. The summed E-state index contributed by atoms with van der Waals surface area (Å²) in [5, 5.41) is 0. The maximum absolute atomic E-state index is 12.1. The summed E-state index contributed by atoms with van der Waals surface area (Å²) in [6.45, 7) is 10.6. The van der Waals surface area contributed by atoms with E-state index >= 15 is 0 Å². The first-order valence-electron chi connectivity index (χ1n) is 8.40. The Morgan fingerprint density at radius 1 is 1.17 bits per heavy atom. The minimum atomic E-state index is -0.447. The van der Waals surface area contributed by atoms with Gasteiger partial charge in [0.1, 0.15) is 17.2 Å². The Morgan fingerprint density at radius 3 is 2.39 bits per heavy atom. The van der Waals surface area contributed by atoms with Gasteiger partial charge in [0, 0.05) is 43.9 Å². The van der Waals surface area contributed by atoms with Gasteiger partial charge in [0.25, 0.3) is 0 Å². The molecule has 1 saturated heterocycles. The highest BCUT2D eigenvalue weighted by molar-refractivity contribution is 5.68. The molecule has 1 aromatic heterocycles. The average Bonchev–Trinajstić information content (AvgIpc) is 3.29. The van der Waals surface area contributed by atoms with Gasteiger partial charge in [-0.3, -0.25) is 0 Å². The zero-order chi connectivity index (χ0) is 16.6. The summed E-state index contributed by atoms with van der Waals surface area (Å²) in [6, 6.07) is 2.04. The van der Waals surface area contributed by atoms with Gasteiger partial charge in [-0.05, 0) is 40.5 Å². The molecule has 0 radical (unpaired) electrons. The molecule has 126 valence electrons. The van der Waals surface area contributed by atoms with Gasteiger partial charge in [0.15, 0.2) is 0 Å². The first-order valence-corrected chi connectivity index (χ1v) is 8.40. The van der Waals surface area contributed by atoms with Crippen LogP contribution in [0.2, 0.25) is 0 Å². The Bertz CT molecular complexity index is 585. The van der Waals surface area contributed by atoms with Gasteiger partial charge in [0.05, 0.1) is 0 Å². The number of amides is 1. The number of anilines is 1. The summed E-state index contributed by atoms with van der Waals surface area (Å²) in [6.07, 6.45) is 2.18. The number of rotatable bonds is 2. The maximum Gasteiger partial charge on any atom is 0.410 e. The molecule has 0 bridgehead atoms. The van der Waals surface area contributed by atoms with E-state index < -0.39 is 5.60 Å². The van der Waals surface area contributed by atoms with Gasteiger partial charge < -0.3 is 14.5 Å². The van der Waals surface area contributed by atoms with Crippen LogP contribution >= 0.6 is 0 Å². The molecule has 1 saturated carbocycles. The van der Waals surface area contributed by atoms with Crippen molar-refractivity contribution < 1.29 is 9.53 Å². The third-order valence-electron chi connectivity index (χ3n) is 4.06. The van der Waals surface area contributed by atoms with Crippen molar-refractivity contribution in [2.24, 2.45) is 0 Å². The zero-order valence-corrected chi connectivity index (χ0v) is 14.5. The third-order valence-corrected chi connectivity index (χ3v) is 4.06. The Morgan fingerprint density at radius 2 is 1.83 bits per heavy atom. The van der Waals surface area contributed by atoms with Crippen LogP contribution in [0.15, 0.2) is 6.07 Å². The van der Waals surface area contributed by atoms with Gasteiger partial charge in [-0.2, -0.15) is 0 Å². The van der Waals surface area contributed by atoms with E-state index in [1.165, 1.54) is 12.8 Å². The molecule has 1 aromatic rings. The Hall–Kier alpha value is -1.85. The Kier molecular flexibility index (Phi) is 4.17. The second-order valence-electron chi connectivity index (χ2n) is 7.45. The standard InChI is InChI=1S/C17H26N4O2/c1-12-11-14(19-15(18-12)13-5-6-13)20-7-9-21(10-8-20)16(22)23-17(2,3)4/h11,13H,5-10H2,1-4H3. The topological polar surface area (TPSA) is 58.6 Å². The number of ether oxygens (including phenoxy) is 1. The second-order valence-corrected chi connectivity index (χ2v) is 7.45. The van der Waals surface area contributed by atoms with Gasteiger partial charge in [-0.1, -0.05) is 0 Å². The zero-order valence-electron chi connectivity index (χ0n) is 14.5. The van der Waals surface area contributed by atoms with Crippen molar-refractivity contribution in [3.8, 4) is 0 Å². The molecule has 3 rings (SSSR count). The third kappa shape index (κ3) is 4.12. The van der Waals surface area contributed by atoms with Crippen LogP contribution in [0, 0.1) is 6.92 Å². The molecule has 1 amide bonds. The fourth-order valence-electron chi connectivity index (χ4n) is 2.71. The van der Waals surface area contributed by atoms with E-state index in [2.05, 4.69) is 9.88 Å². The quantitative estimate of drug-likeness (QED) is 0.839. The number of nitrogens with zero attached hydrogens (tertiary/aromatic N) is 4. The molecule has 0 unspecified atom stereocenters. The normalized spacial score (nSPS) is 19.0. The highest BCUT2D eigenvalue weighted by Gasteiger charge is 2.29. The summed E-state index contributed by atoms with van der Waals surface area (Å²) >= 11 is 0. The highest BCUT2D eigenvalue weighted by Crippen LogP contribution is 2.38. The van der Waals surface area contributed by atoms with Gasteiger partial charge in [-0.15, -0.1) is 0 Å². The minimum Gasteiger partial charge on any atom is -0.444 e. The van der Waals surface area contributed by atoms with E-state index in [0.717, 1.165) is 30.4 Å². The van der Waals surface area contributed by atoms with Crippen molar-refractivity contribution in [2.75, 3.05) is 31.1 Å². The summed E-state index contributed by atoms with van der Waals surface area (Å²) in [4.78, 5) is 25.4. The number of carbonyl (C=O) groups excluding carboxylic acids is 1. The van der Waals surface area contributed by atoms with Crippen LogP contribution in [0.1, 0.15) is 51.0 Å². The van der Waals surface area contributed by atoms with E-state index in [9.17, 15) is 4.79 Å². The number of aromatic nitrogens is 2. The molecule has 23 heavy (non-hydrogen) atoms. The smallest absolute Gasteiger partial charge is 0.410 e. The fourth-order valence-corrected chi connectivity index (χ4v) is 2.71. The molecular weight excluding hydrogens is 292 g/mol. The lowest BCUT2D eigenvalue weighted by Crippen LogP contribution is -2.50. The molecular formula is C17H26N4O2. The predicted octanol–water partition coefficient (Wildman–Crippen LogP) is 2.72. The van der Waals surface area contributed by atoms with E-state index in [1.54, 1.807) is 4.90 Å². The second kappa shape index (κ2) is 5.98. The highest BCUT2D eigenvalue weighted by atomic mass is 16.6. The predicted molar refractivity (Wildman–Crippen MR) is 88.8 cm³/mol. The molecule has 2 aliphatic rings. The molecule has 6 heteroatoms. The van der Waals surface area contributed by atoms with Crippen molar-refractivity contribution in [3.05, 3.63) is 17.6 Å². The molecule has 6 nitrogen and oxygen atoms in total. The van der Waals surface area contributed by atoms with E-state index in [0.29, 0.717) is 19.0 Å². The van der Waals surface area contributed by atoms with Crippen LogP contribution in [0.5, 0.6) is 0 Å². The molecule has 1 aliphatic carbocycles. The Labute approximate surface area is 137 Å². The maximum atomic E-state index is 12.1. The summed E-state index contributed by atoms with van der Waals surface area (Å²) < 4.78 is 5.44. The van der Waals surface area contributed by atoms with Crippen LogP contribution in [0.4, 0.5) is 10.6 Å². The van der Waals surface area contributed by atoms with Crippen LogP contribution in [-0.4, -0.2) is 52.7 Å². The van der Waals surface area contributed by atoms with Crippen LogP contribution in [0.3, 0.4) is 0 Å². The average molecular weight is 318 g/mol. The first-order chi connectivity index (χ1) is 10.8. The Balaban J connectivity index is 1.62. The molecule has 0 spiro atoms. The van der Waals surface area contributed by atoms with Gasteiger partial charge in [0.2, 0.25) is 0 Å². The lowest BCUT2D eigenvalue weighted by Gasteiger charge is -2.36. The van der Waals surface area contributed by atoms with E-state index in [1.807, 2.05) is 33.8 Å². The largest absolute Gasteiger partial charge is 0.444 e.